The number of carbonyl (C=O) groups is 2. The molecule has 0 bridgehead atoms. The molecular weight excluding hydrogens is 378 g/mol. The van der Waals surface area contributed by atoms with Crippen molar-refractivity contribution in [3.05, 3.63) is 23.7 Å². The van der Waals surface area contributed by atoms with Crippen molar-refractivity contribution in [2.75, 3.05) is 13.1 Å². The van der Waals surface area contributed by atoms with E-state index in [2.05, 4.69) is 10.3 Å². The Bertz CT molecular complexity index is 879. The van der Waals surface area contributed by atoms with Gasteiger partial charge in [-0.2, -0.15) is 0 Å². The van der Waals surface area contributed by atoms with E-state index in [1.54, 1.807) is 16.2 Å². The molecule has 1 aliphatic heterocycles. The van der Waals surface area contributed by atoms with Gasteiger partial charge in [-0.25, -0.2) is 9.78 Å². The number of carbonyl (C=O) groups excluding carboxylic acids is 2. The molecule has 0 radical (unpaired) electrons. The van der Waals surface area contributed by atoms with Crippen LogP contribution in [0.25, 0.3) is 10.2 Å². The first-order chi connectivity index (χ1) is 13.3. The van der Waals surface area contributed by atoms with Gasteiger partial charge in [0, 0.05) is 19.0 Å². The summed E-state index contributed by atoms with van der Waals surface area (Å²) in [5.74, 6) is 0.797. The van der Waals surface area contributed by atoms with Crippen molar-refractivity contribution in [2.24, 2.45) is 5.92 Å². The molecule has 2 fully saturated rings. The van der Waals surface area contributed by atoms with Gasteiger partial charge in [-0.15, -0.1) is 11.3 Å². The molecule has 150 valence electrons. The van der Waals surface area contributed by atoms with Crippen molar-refractivity contribution in [1.29, 1.82) is 0 Å². The number of ether oxygens (including phenoxy) is 2. The van der Waals surface area contributed by atoms with Crippen LogP contribution in [0, 0.1) is 5.92 Å². The third-order valence-corrected chi connectivity index (χ3v) is 5.76. The number of thiazole rings is 1. The van der Waals surface area contributed by atoms with E-state index in [0.29, 0.717) is 25.9 Å². The zero-order valence-corrected chi connectivity index (χ0v) is 17.1. The largest absolute Gasteiger partial charge is 0.488 e. The first-order valence-electron chi connectivity index (χ1n) is 9.55. The van der Waals surface area contributed by atoms with Crippen molar-refractivity contribution in [1.82, 2.24) is 15.2 Å². The number of nitrogens with one attached hydrogen (secondary N) is 1. The Balaban J connectivity index is 1.19. The Morgan fingerprint density at radius 3 is 2.71 bits per heavy atom. The fourth-order valence-electron chi connectivity index (χ4n) is 3.38. The second-order valence-electron chi connectivity index (χ2n) is 8.45. The van der Waals surface area contributed by atoms with Crippen LogP contribution in [0.4, 0.5) is 4.79 Å². The number of likely N-dealkylation sites (tertiary alicyclic amines) is 1. The highest BCUT2D eigenvalue weighted by atomic mass is 32.1. The van der Waals surface area contributed by atoms with Crippen molar-refractivity contribution in [2.45, 2.75) is 51.4 Å². The van der Waals surface area contributed by atoms with Gasteiger partial charge in [0.2, 0.25) is 5.91 Å². The molecule has 7 nitrogen and oxygen atoms in total. The molecule has 1 aliphatic carbocycles. The van der Waals surface area contributed by atoms with Crippen LogP contribution in [0.1, 0.15) is 33.6 Å². The van der Waals surface area contributed by atoms with Crippen molar-refractivity contribution in [3.63, 3.8) is 0 Å². The van der Waals surface area contributed by atoms with Crippen LogP contribution in [0.3, 0.4) is 0 Å². The van der Waals surface area contributed by atoms with Crippen LogP contribution < -0.4 is 10.1 Å². The topological polar surface area (TPSA) is 80.8 Å². The van der Waals surface area contributed by atoms with E-state index in [1.165, 1.54) is 0 Å². The van der Waals surface area contributed by atoms with Crippen LogP contribution in [0.2, 0.25) is 0 Å². The van der Waals surface area contributed by atoms with Crippen LogP contribution in [-0.2, 0) is 9.53 Å². The molecular formula is C20H25N3O4S. The minimum atomic E-state index is -0.505. The number of nitrogens with zero attached hydrogens (tertiary/aromatic N) is 2. The standard InChI is InChI=1S/C20H25N3O4S/c1-20(2,3)27-19(25)23-9-13(10-23)22-18(24)12-7-14(8-12)26-15-5-4-6-16-17(15)21-11-28-16/h4-6,11-14H,7-10H2,1-3H3,(H,22,24). The first kappa shape index (κ1) is 19.0. The SMILES string of the molecule is CC(C)(C)OC(=O)N1CC(NC(=O)C2CC(Oc3cccc4scnc34)C2)C1. The van der Waals surface area contributed by atoms with E-state index in [1.807, 2.05) is 44.5 Å². The Morgan fingerprint density at radius 1 is 1.25 bits per heavy atom. The summed E-state index contributed by atoms with van der Waals surface area (Å²) < 4.78 is 12.5. The number of hydrogen-bond donors (Lipinski definition) is 1. The molecule has 1 aromatic heterocycles. The van der Waals surface area contributed by atoms with Crippen molar-refractivity contribution < 1.29 is 19.1 Å². The van der Waals surface area contributed by atoms with Gasteiger partial charge in [0.15, 0.2) is 0 Å². The summed E-state index contributed by atoms with van der Waals surface area (Å²) in [5.41, 5.74) is 2.19. The van der Waals surface area contributed by atoms with Crippen LogP contribution in [-0.4, -0.2) is 52.7 Å². The number of rotatable bonds is 4. The maximum absolute atomic E-state index is 12.4. The van der Waals surface area contributed by atoms with E-state index in [9.17, 15) is 9.59 Å². The lowest BCUT2D eigenvalue weighted by molar-refractivity contribution is -0.132. The molecule has 2 aliphatic rings. The third kappa shape index (κ3) is 4.06. The van der Waals surface area contributed by atoms with E-state index in [4.69, 9.17) is 9.47 Å². The normalized spacial score (nSPS) is 22.3. The number of amides is 2. The molecule has 1 N–H and O–H groups in total. The van der Waals surface area contributed by atoms with Gasteiger partial charge in [0.05, 0.1) is 16.3 Å². The fraction of sp³-hybridized carbons (Fsp3) is 0.550. The maximum Gasteiger partial charge on any atom is 0.410 e. The predicted molar refractivity (Wildman–Crippen MR) is 106 cm³/mol. The molecule has 2 heterocycles. The average molecular weight is 404 g/mol. The monoisotopic (exact) mass is 403 g/mol. The molecule has 1 saturated heterocycles. The molecule has 0 atom stereocenters. The lowest BCUT2D eigenvalue weighted by atomic mass is 9.81. The summed E-state index contributed by atoms with van der Waals surface area (Å²) >= 11 is 1.59. The molecule has 4 rings (SSSR count). The van der Waals surface area contributed by atoms with Gasteiger partial charge in [-0.1, -0.05) is 6.07 Å². The summed E-state index contributed by atoms with van der Waals surface area (Å²) in [6, 6.07) is 5.92. The van der Waals surface area contributed by atoms with Gasteiger partial charge in [0.25, 0.3) is 0 Å². The van der Waals surface area contributed by atoms with Gasteiger partial charge in [-0.05, 0) is 45.7 Å². The molecule has 1 saturated carbocycles. The van der Waals surface area contributed by atoms with E-state index < -0.39 is 5.60 Å². The lowest BCUT2D eigenvalue weighted by Gasteiger charge is -2.41. The summed E-state index contributed by atoms with van der Waals surface area (Å²) in [4.78, 5) is 30.3. The molecule has 0 spiro atoms. The summed E-state index contributed by atoms with van der Waals surface area (Å²) in [7, 11) is 0. The van der Waals surface area contributed by atoms with E-state index in [-0.39, 0.29) is 30.1 Å². The quantitative estimate of drug-likeness (QED) is 0.848. The highest BCUT2D eigenvalue weighted by molar-refractivity contribution is 7.16. The molecule has 1 aromatic carbocycles. The minimum absolute atomic E-state index is 0.00346. The third-order valence-electron chi connectivity index (χ3n) is 4.96. The Labute approximate surface area is 168 Å². The average Bonchev–Trinajstić information content (AvgIpc) is 3.00. The molecule has 8 heteroatoms. The minimum Gasteiger partial charge on any atom is -0.488 e. The number of hydrogen-bond acceptors (Lipinski definition) is 6. The van der Waals surface area contributed by atoms with Crippen LogP contribution in [0.5, 0.6) is 5.75 Å². The Hall–Kier alpha value is -2.35. The van der Waals surface area contributed by atoms with E-state index in [0.717, 1.165) is 16.0 Å². The number of fused-ring (bicyclic) bond motifs is 1. The zero-order valence-electron chi connectivity index (χ0n) is 16.3. The van der Waals surface area contributed by atoms with Gasteiger partial charge < -0.3 is 19.7 Å². The summed E-state index contributed by atoms with van der Waals surface area (Å²) in [5, 5.41) is 3.02. The lowest BCUT2D eigenvalue weighted by Crippen LogP contribution is -2.62. The highest BCUT2D eigenvalue weighted by Gasteiger charge is 2.40. The summed E-state index contributed by atoms with van der Waals surface area (Å²) in [6.07, 6.45) is 1.12. The Morgan fingerprint density at radius 2 is 2.00 bits per heavy atom. The van der Waals surface area contributed by atoms with Crippen LogP contribution >= 0.6 is 11.3 Å². The second kappa shape index (κ2) is 7.24. The molecule has 2 amide bonds. The van der Waals surface area contributed by atoms with Crippen molar-refractivity contribution in [3.8, 4) is 5.75 Å². The Kier molecular flexibility index (Phi) is 4.91. The van der Waals surface area contributed by atoms with Gasteiger partial charge in [0.1, 0.15) is 23.0 Å². The molecule has 0 unspecified atom stereocenters. The van der Waals surface area contributed by atoms with Crippen LogP contribution in [0.15, 0.2) is 23.7 Å². The predicted octanol–water partition coefficient (Wildman–Crippen LogP) is 3.19. The molecule has 28 heavy (non-hydrogen) atoms. The van der Waals surface area contributed by atoms with Crippen molar-refractivity contribution >= 4 is 33.6 Å². The smallest absolute Gasteiger partial charge is 0.410 e. The van der Waals surface area contributed by atoms with Gasteiger partial charge in [-0.3, -0.25) is 4.79 Å². The second-order valence-corrected chi connectivity index (χ2v) is 9.34. The maximum atomic E-state index is 12.4. The van der Waals surface area contributed by atoms with Gasteiger partial charge >= 0.3 is 6.09 Å². The first-order valence-corrected chi connectivity index (χ1v) is 10.4. The number of aromatic nitrogens is 1. The van der Waals surface area contributed by atoms with E-state index >= 15 is 0 Å². The highest BCUT2D eigenvalue weighted by Crippen LogP contribution is 2.35. The fourth-order valence-corrected chi connectivity index (χ4v) is 4.07. The summed E-state index contributed by atoms with van der Waals surface area (Å²) in [6.45, 7) is 6.52. The number of para-hydroxylation sites is 1. The number of benzene rings is 1. The molecule has 2 aromatic rings. The zero-order chi connectivity index (χ0) is 19.9.